The van der Waals surface area contributed by atoms with Crippen LogP contribution in [0.1, 0.15) is 31.2 Å². The highest BCUT2D eigenvalue weighted by Crippen LogP contribution is 2.41. The molecule has 0 radical (unpaired) electrons. The number of carbonyl (C=O) groups is 1. The van der Waals surface area contributed by atoms with Crippen LogP contribution in [0.15, 0.2) is 67.5 Å². The minimum Gasteiger partial charge on any atom is -0.493 e. The third kappa shape index (κ3) is 5.10. The summed E-state index contributed by atoms with van der Waals surface area (Å²) < 4.78 is 18.5. The molecule has 1 unspecified atom stereocenters. The van der Waals surface area contributed by atoms with E-state index in [0.29, 0.717) is 17.3 Å². The molecule has 2 saturated heterocycles. The van der Waals surface area contributed by atoms with Crippen LogP contribution in [0.25, 0.3) is 10.9 Å². The van der Waals surface area contributed by atoms with E-state index in [0.717, 1.165) is 77.4 Å². The number of nitrogens with one attached hydrogen (secondary N) is 2. The standard InChI is InChI=1S/C34H36N6O4/c1-5-33(41)40-22-7-8-23(40)14-25(13-22)44-32-16-26-27(17-31(32)42-4)35-18-36-34(26)38-21-6-11-30(20(2)12-21)43-24-9-10-29-28(15-24)37-19-39(29)3/h5-6,9-12,15-18,22-23,25,37H,1,7-8,13-14,19H2,2-4H3,(H,35,36,38)/t22-,23+,25?. The van der Waals surface area contributed by atoms with Crippen LogP contribution in [0.3, 0.4) is 0 Å². The van der Waals surface area contributed by atoms with Gasteiger partial charge in [0.05, 0.1) is 30.7 Å². The van der Waals surface area contributed by atoms with Gasteiger partial charge in [0.25, 0.3) is 0 Å². The number of carbonyl (C=O) groups excluding carboxylic acids is 1. The second-order valence-corrected chi connectivity index (χ2v) is 11.7. The highest BCUT2D eigenvalue weighted by molar-refractivity contribution is 5.93. The molecule has 1 amide bonds. The topological polar surface area (TPSA) is 101 Å². The fraction of sp³-hybridized carbons (Fsp3) is 0.324. The molecule has 7 rings (SSSR count). The number of hydrogen-bond acceptors (Lipinski definition) is 9. The molecule has 2 N–H and O–H groups in total. The molecule has 2 bridgehead atoms. The van der Waals surface area contributed by atoms with Gasteiger partial charge in [0, 0.05) is 55.2 Å². The predicted octanol–water partition coefficient (Wildman–Crippen LogP) is 6.39. The zero-order valence-corrected chi connectivity index (χ0v) is 25.2. The quantitative estimate of drug-likeness (QED) is 0.226. The Morgan fingerprint density at radius 3 is 2.61 bits per heavy atom. The fourth-order valence-electron chi connectivity index (χ4n) is 6.73. The smallest absolute Gasteiger partial charge is 0.246 e. The van der Waals surface area contributed by atoms with E-state index in [1.165, 1.54) is 12.4 Å². The zero-order chi connectivity index (χ0) is 30.4. The number of methoxy groups -OCH3 is 1. The number of piperidine rings is 1. The Bertz CT molecular complexity index is 1750. The van der Waals surface area contributed by atoms with Crippen molar-refractivity contribution in [3.63, 3.8) is 0 Å². The Labute approximate surface area is 256 Å². The molecule has 3 aliphatic rings. The van der Waals surface area contributed by atoms with Crippen LogP contribution in [-0.4, -0.2) is 59.8 Å². The maximum atomic E-state index is 12.4. The monoisotopic (exact) mass is 592 g/mol. The number of nitrogens with zero attached hydrogens (tertiary/aromatic N) is 4. The molecule has 4 aromatic rings. The predicted molar refractivity (Wildman–Crippen MR) is 171 cm³/mol. The summed E-state index contributed by atoms with van der Waals surface area (Å²) in [6.07, 6.45) is 6.48. The van der Waals surface area contributed by atoms with E-state index >= 15 is 0 Å². The Balaban J connectivity index is 1.10. The van der Waals surface area contributed by atoms with Gasteiger partial charge in [-0.25, -0.2) is 9.97 Å². The highest BCUT2D eigenvalue weighted by atomic mass is 16.5. The molecule has 10 heteroatoms. The summed E-state index contributed by atoms with van der Waals surface area (Å²) in [6.45, 7) is 6.49. The van der Waals surface area contributed by atoms with E-state index in [4.69, 9.17) is 14.2 Å². The van der Waals surface area contributed by atoms with Gasteiger partial charge in [-0.05, 0) is 67.8 Å². The van der Waals surface area contributed by atoms with Crippen molar-refractivity contribution in [3.8, 4) is 23.0 Å². The Morgan fingerprint density at radius 2 is 1.86 bits per heavy atom. The lowest BCUT2D eigenvalue weighted by atomic mass is 9.99. The summed E-state index contributed by atoms with van der Waals surface area (Å²) >= 11 is 0. The zero-order valence-electron chi connectivity index (χ0n) is 25.2. The van der Waals surface area contributed by atoms with Crippen LogP contribution in [0.2, 0.25) is 0 Å². The maximum Gasteiger partial charge on any atom is 0.246 e. The number of hydrogen-bond donors (Lipinski definition) is 2. The van der Waals surface area contributed by atoms with Crippen LogP contribution in [0.4, 0.5) is 22.9 Å². The second kappa shape index (κ2) is 11.3. The van der Waals surface area contributed by atoms with Gasteiger partial charge >= 0.3 is 0 Å². The Hall–Kier alpha value is -4.99. The van der Waals surface area contributed by atoms with Crippen LogP contribution < -0.4 is 29.7 Å². The van der Waals surface area contributed by atoms with Gasteiger partial charge in [-0.1, -0.05) is 6.58 Å². The Kier molecular flexibility index (Phi) is 7.12. The lowest BCUT2D eigenvalue weighted by molar-refractivity contribution is -0.131. The largest absolute Gasteiger partial charge is 0.493 e. The van der Waals surface area contributed by atoms with Crippen molar-refractivity contribution in [2.75, 3.05) is 36.4 Å². The Morgan fingerprint density at radius 1 is 1.05 bits per heavy atom. The molecule has 1 aromatic heterocycles. The van der Waals surface area contributed by atoms with Crippen molar-refractivity contribution >= 4 is 39.7 Å². The number of aryl methyl sites for hydroxylation is 1. The molecule has 3 aliphatic heterocycles. The van der Waals surface area contributed by atoms with E-state index in [-0.39, 0.29) is 24.1 Å². The second-order valence-electron chi connectivity index (χ2n) is 11.7. The molecule has 3 atom stereocenters. The summed E-state index contributed by atoms with van der Waals surface area (Å²) in [5.41, 5.74) is 4.83. The van der Waals surface area contributed by atoms with E-state index in [1.54, 1.807) is 7.11 Å². The maximum absolute atomic E-state index is 12.4. The first-order valence-corrected chi connectivity index (χ1v) is 15.0. The molecular formula is C34H36N6O4. The number of fused-ring (bicyclic) bond motifs is 4. The number of rotatable bonds is 8. The molecule has 3 aromatic carbocycles. The molecule has 226 valence electrons. The van der Waals surface area contributed by atoms with Gasteiger partial charge in [-0.3, -0.25) is 4.79 Å². The minimum atomic E-state index is -0.0219. The van der Waals surface area contributed by atoms with Crippen molar-refractivity contribution in [1.82, 2.24) is 14.9 Å². The number of amides is 1. The molecule has 0 spiro atoms. The van der Waals surface area contributed by atoms with E-state index in [9.17, 15) is 4.79 Å². The van der Waals surface area contributed by atoms with E-state index in [1.807, 2.05) is 54.3 Å². The number of aromatic nitrogens is 2. The number of benzene rings is 3. The summed E-state index contributed by atoms with van der Waals surface area (Å²) in [6, 6.07) is 16.2. The van der Waals surface area contributed by atoms with Crippen molar-refractivity contribution in [1.29, 1.82) is 0 Å². The summed E-state index contributed by atoms with van der Waals surface area (Å²) in [7, 11) is 3.69. The van der Waals surface area contributed by atoms with Crippen molar-refractivity contribution in [2.24, 2.45) is 0 Å². The molecular weight excluding hydrogens is 556 g/mol. The van der Waals surface area contributed by atoms with Gasteiger partial charge in [0.15, 0.2) is 11.5 Å². The van der Waals surface area contributed by atoms with Gasteiger partial charge < -0.3 is 34.6 Å². The van der Waals surface area contributed by atoms with Crippen molar-refractivity contribution in [3.05, 3.63) is 73.1 Å². The summed E-state index contributed by atoms with van der Waals surface area (Å²) in [5, 5.41) is 7.66. The average molecular weight is 593 g/mol. The molecule has 0 aliphatic carbocycles. The summed E-state index contributed by atoms with van der Waals surface area (Å²) in [5.74, 6) is 3.49. The van der Waals surface area contributed by atoms with Crippen LogP contribution in [0.5, 0.6) is 23.0 Å². The van der Waals surface area contributed by atoms with Crippen LogP contribution >= 0.6 is 0 Å². The lowest BCUT2D eigenvalue weighted by Gasteiger charge is -2.38. The molecule has 10 nitrogen and oxygen atoms in total. The first-order chi connectivity index (χ1) is 21.4. The lowest BCUT2D eigenvalue weighted by Crippen LogP contribution is -2.48. The van der Waals surface area contributed by atoms with Crippen LogP contribution in [0, 0.1) is 6.92 Å². The molecule has 4 heterocycles. The van der Waals surface area contributed by atoms with Gasteiger partial charge in [-0.2, -0.15) is 0 Å². The SMILES string of the molecule is C=CC(=O)N1[C@@H]2CC[C@H]1CC(Oc1cc3c(Nc4ccc(Oc5ccc6c(c5)NCN6C)c(C)c4)ncnc3cc1OC)C2. The van der Waals surface area contributed by atoms with Crippen molar-refractivity contribution < 1.29 is 19.0 Å². The van der Waals surface area contributed by atoms with Gasteiger partial charge in [0.1, 0.15) is 29.7 Å². The first-order valence-electron chi connectivity index (χ1n) is 15.0. The molecule has 2 fully saturated rings. The van der Waals surface area contributed by atoms with Crippen LogP contribution in [-0.2, 0) is 4.79 Å². The molecule has 0 saturated carbocycles. The minimum absolute atomic E-state index is 0.00972. The van der Waals surface area contributed by atoms with E-state index < -0.39 is 0 Å². The van der Waals surface area contributed by atoms with E-state index in [2.05, 4.69) is 45.2 Å². The fourth-order valence-corrected chi connectivity index (χ4v) is 6.73. The van der Waals surface area contributed by atoms with Crippen molar-refractivity contribution in [2.45, 2.75) is 50.8 Å². The highest BCUT2D eigenvalue weighted by Gasteiger charge is 2.43. The number of ether oxygens (including phenoxy) is 3. The number of anilines is 4. The van der Waals surface area contributed by atoms with Gasteiger partial charge in [-0.15, -0.1) is 0 Å². The van der Waals surface area contributed by atoms with Gasteiger partial charge in [0.2, 0.25) is 5.91 Å². The molecule has 44 heavy (non-hydrogen) atoms. The third-order valence-electron chi connectivity index (χ3n) is 8.88. The summed E-state index contributed by atoms with van der Waals surface area (Å²) in [4.78, 5) is 25.6. The average Bonchev–Trinajstić information content (AvgIpc) is 3.53. The first kappa shape index (κ1) is 27.8. The third-order valence-corrected chi connectivity index (χ3v) is 8.88. The normalized spacial score (nSPS) is 20.2.